The molecule has 2 aliphatic rings. The summed E-state index contributed by atoms with van der Waals surface area (Å²) in [4.78, 5) is 14.3. The van der Waals surface area contributed by atoms with Crippen LogP contribution in [0, 0.1) is 5.92 Å². The molecule has 1 saturated carbocycles. The molecule has 4 heteroatoms. The normalized spacial score (nSPS) is 27.3. The van der Waals surface area contributed by atoms with Gasteiger partial charge in [-0.3, -0.25) is 4.79 Å². The average molecular weight is 227 g/mol. The van der Waals surface area contributed by atoms with Crippen LogP contribution >= 0.6 is 0 Å². The van der Waals surface area contributed by atoms with Crippen molar-refractivity contribution in [1.29, 1.82) is 0 Å². The number of carbonyl (C=O) groups excluding carboxylic acids is 1. The molecule has 0 spiro atoms. The monoisotopic (exact) mass is 227 g/mol. The van der Waals surface area contributed by atoms with Crippen molar-refractivity contribution in [3.8, 4) is 0 Å². The number of morpholine rings is 1. The molecule has 0 aromatic carbocycles. The van der Waals surface area contributed by atoms with Gasteiger partial charge in [-0.1, -0.05) is 12.8 Å². The van der Waals surface area contributed by atoms with Crippen molar-refractivity contribution in [3.63, 3.8) is 0 Å². The smallest absolute Gasteiger partial charge is 0.226 e. The van der Waals surface area contributed by atoms with E-state index >= 15 is 0 Å². The molecule has 0 aromatic heterocycles. The molecule has 0 aromatic rings. The molecular weight excluding hydrogens is 206 g/mol. The molecule has 16 heavy (non-hydrogen) atoms. The predicted molar refractivity (Wildman–Crippen MR) is 60.2 cm³/mol. The molecule has 0 N–H and O–H groups in total. The maximum atomic E-state index is 12.3. The summed E-state index contributed by atoms with van der Waals surface area (Å²) in [6.45, 7) is 2.59. The quantitative estimate of drug-likeness (QED) is 0.723. The highest BCUT2D eigenvalue weighted by Gasteiger charge is 2.33. The molecule has 1 saturated heterocycles. The number of carbonyl (C=O) groups is 1. The van der Waals surface area contributed by atoms with E-state index in [4.69, 9.17) is 9.47 Å². The second-order valence-electron chi connectivity index (χ2n) is 4.70. The Balaban J connectivity index is 1.95. The van der Waals surface area contributed by atoms with Crippen LogP contribution in [0.1, 0.15) is 25.7 Å². The molecule has 0 radical (unpaired) electrons. The minimum atomic E-state index is 0.117. The number of rotatable bonds is 3. The summed E-state index contributed by atoms with van der Waals surface area (Å²) in [5.74, 6) is 0.584. The van der Waals surface area contributed by atoms with E-state index in [1.807, 2.05) is 4.90 Å². The largest absolute Gasteiger partial charge is 0.382 e. The van der Waals surface area contributed by atoms with Gasteiger partial charge in [0.2, 0.25) is 5.91 Å². The summed E-state index contributed by atoms with van der Waals surface area (Å²) in [5, 5.41) is 0. The predicted octanol–water partition coefficient (Wildman–Crippen LogP) is 1.05. The third-order valence-corrected chi connectivity index (χ3v) is 3.57. The number of methoxy groups -OCH3 is 1. The summed E-state index contributed by atoms with van der Waals surface area (Å²) < 4.78 is 10.6. The minimum absolute atomic E-state index is 0.117. The van der Waals surface area contributed by atoms with E-state index in [0.29, 0.717) is 25.7 Å². The molecule has 1 aliphatic carbocycles. The molecule has 2 fully saturated rings. The van der Waals surface area contributed by atoms with Crippen LogP contribution < -0.4 is 0 Å². The first-order valence-corrected chi connectivity index (χ1v) is 6.20. The van der Waals surface area contributed by atoms with E-state index in [-0.39, 0.29) is 12.0 Å². The number of ether oxygens (including phenoxy) is 2. The first kappa shape index (κ1) is 11.9. The van der Waals surface area contributed by atoms with Crippen LogP contribution in [0.5, 0.6) is 0 Å². The molecule has 1 unspecified atom stereocenters. The Morgan fingerprint density at radius 1 is 1.44 bits per heavy atom. The van der Waals surface area contributed by atoms with Crippen LogP contribution in [0.4, 0.5) is 0 Å². The number of amides is 1. The minimum Gasteiger partial charge on any atom is -0.382 e. The lowest BCUT2D eigenvalue weighted by molar-refractivity contribution is -0.146. The zero-order chi connectivity index (χ0) is 11.4. The fraction of sp³-hybridized carbons (Fsp3) is 0.917. The van der Waals surface area contributed by atoms with Gasteiger partial charge in [0.25, 0.3) is 0 Å². The van der Waals surface area contributed by atoms with E-state index in [1.165, 1.54) is 12.8 Å². The van der Waals surface area contributed by atoms with Gasteiger partial charge in [-0.25, -0.2) is 0 Å². The highest BCUT2D eigenvalue weighted by atomic mass is 16.5. The summed E-state index contributed by atoms with van der Waals surface area (Å²) in [5.41, 5.74) is 0. The van der Waals surface area contributed by atoms with Crippen molar-refractivity contribution in [2.24, 2.45) is 5.92 Å². The number of hydrogen-bond donors (Lipinski definition) is 0. The Morgan fingerprint density at radius 3 is 2.88 bits per heavy atom. The van der Waals surface area contributed by atoms with E-state index in [2.05, 4.69) is 0 Å². The van der Waals surface area contributed by atoms with Gasteiger partial charge in [0.1, 0.15) is 0 Å². The lowest BCUT2D eigenvalue weighted by atomic mass is 10.0. The molecule has 1 heterocycles. The van der Waals surface area contributed by atoms with Crippen LogP contribution in [-0.2, 0) is 14.3 Å². The summed E-state index contributed by atoms with van der Waals surface area (Å²) in [7, 11) is 1.67. The van der Waals surface area contributed by atoms with Gasteiger partial charge in [-0.15, -0.1) is 0 Å². The van der Waals surface area contributed by atoms with Crippen LogP contribution in [-0.4, -0.2) is 50.3 Å². The molecule has 1 aliphatic heterocycles. The maximum absolute atomic E-state index is 12.3. The van der Waals surface area contributed by atoms with E-state index in [1.54, 1.807) is 7.11 Å². The Hall–Kier alpha value is -0.610. The van der Waals surface area contributed by atoms with Gasteiger partial charge in [-0.2, -0.15) is 0 Å². The van der Waals surface area contributed by atoms with E-state index in [0.717, 1.165) is 19.4 Å². The Bertz CT molecular complexity index is 236. The fourth-order valence-electron chi connectivity index (χ4n) is 2.68. The molecule has 2 rings (SSSR count). The lowest BCUT2D eigenvalue weighted by Gasteiger charge is -2.36. The molecular formula is C12H21NO3. The van der Waals surface area contributed by atoms with Gasteiger partial charge in [0.05, 0.1) is 25.9 Å². The first-order valence-electron chi connectivity index (χ1n) is 6.20. The topological polar surface area (TPSA) is 38.8 Å². The van der Waals surface area contributed by atoms with E-state index < -0.39 is 0 Å². The maximum Gasteiger partial charge on any atom is 0.226 e. The average Bonchev–Trinajstić information content (AvgIpc) is 2.83. The number of hydrogen-bond acceptors (Lipinski definition) is 3. The van der Waals surface area contributed by atoms with Crippen molar-refractivity contribution in [2.45, 2.75) is 31.7 Å². The highest BCUT2D eigenvalue weighted by Crippen LogP contribution is 2.27. The Labute approximate surface area is 96.9 Å². The van der Waals surface area contributed by atoms with Gasteiger partial charge in [0, 0.05) is 19.6 Å². The lowest BCUT2D eigenvalue weighted by Crippen LogP contribution is -2.52. The van der Waals surface area contributed by atoms with E-state index in [9.17, 15) is 4.79 Å². The zero-order valence-electron chi connectivity index (χ0n) is 9.98. The summed E-state index contributed by atoms with van der Waals surface area (Å²) in [6.07, 6.45) is 4.54. The summed E-state index contributed by atoms with van der Waals surface area (Å²) in [6, 6.07) is 0.117. The zero-order valence-corrected chi connectivity index (χ0v) is 9.98. The second-order valence-corrected chi connectivity index (χ2v) is 4.70. The van der Waals surface area contributed by atoms with Gasteiger partial charge >= 0.3 is 0 Å². The van der Waals surface area contributed by atoms with Crippen LogP contribution in [0.25, 0.3) is 0 Å². The standard InChI is InChI=1S/C12H21NO3/c1-15-8-11-9-16-7-6-13(11)12(14)10-4-2-3-5-10/h10-11H,2-9H2,1H3. The third kappa shape index (κ3) is 2.55. The Morgan fingerprint density at radius 2 is 2.19 bits per heavy atom. The summed E-state index contributed by atoms with van der Waals surface area (Å²) >= 11 is 0. The Kier molecular flexibility index (Phi) is 4.18. The molecule has 92 valence electrons. The molecule has 4 nitrogen and oxygen atoms in total. The van der Waals surface area contributed by atoms with Gasteiger partial charge < -0.3 is 14.4 Å². The van der Waals surface area contributed by atoms with Crippen molar-refractivity contribution in [3.05, 3.63) is 0 Å². The highest BCUT2D eigenvalue weighted by molar-refractivity contribution is 5.79. The second kappa shape index (κ2) is 5.64. The first-order chi connectivity index (χ1) is 7.83. The van der Waals surface area contributed by atoms with Crippen molar-refractivity contribution >= 4 is 5.91 Å². The SMILES string of the molecule is COCC1COCCN1C(=O)C1CCCC1. The van der Waals surface area contributed by atoms with Crippen LogP contribution in [0.2, 0.25) is 0 Å². The number of nitrogens with zero attached hydrogens (tertiary/aromatic N) is 1. The van der Waals surface area contributed by atoms with Crippen molar-refractivity contribution < 1.29 is 14.3 Å². The molecule has 1 atom stereocenters. The third-order valence-electron chi connectivity index (χ3n) is 3.57. The fourth-order valence-corrected chi connectivity index (χ4v) is 2.68. The van der Waals surface area contributed by atoms with Crippen molar-refractivity contribution in [1.82, 2.24) is 4.90 Å². The van der Waals surface area contributed by atoms with Crippen molar-refractivity contribution in [2.75, 3.05) is 33.5 Å². The molecule has 1 amide bonds. The van der Waals surface area contributed by atoms with Crippen LogP contribution in [0.3, 0.4) is 0 Å². The van der Waals surface area contributed by atoms with Gasteiger partial charge in [0.15, 0.2) is 0 Å². The molecule has 0 bridgehead atoms. The van der Waals surface area contributed by atoms with Crippen LogP contribution in [0.15, 0.2) is 0 Å². The van der Waals surface area contributed by atoms with Gasteiger partial charge in [-0.05, 0) is 12.8 Å².